The molecule has 0 saturated heterocycles. The number of halogens is 1. The minimum absolute atomic E-state index is 0.0620. The summed E-state index contributed by atoms with van der Waals surface area (Å²) in [5.74, 6) is -0.116. The van der Waals surface area contributed by atoms with Crippen LogP contribution in [0.1, 0.15) is 29.8 Å². The fourth-order valence-electron chi connectivity index (χ4n) is 2.27. The predicted molar refractivity (Wildman–Crippen MR) is 89.4 cm³/mol. The molecule has 0 aliphatic rings. The molecule has 0 heterocycles. The van der Waals surface area contributed by atoms with Crippen LogP contribution in [0, 0.1) is 5.82 Å². The zero-order valence-electron chi connectivity index (χ0n) is 13.8. The van der Waals surface area contributed by atoms with Crippen LogP contribution < -0.4 is 4.74 Å². The number of carbonyl (C=O) groups is 2. The first-order chi connectivity index (χ1) is 11.5. The highest BCUT2D eigenvalue weighted by Crippen LogP contribution is 2.14. The molecule has 24 heavy (non-hydrogen) atoms. The lowest BCUT2D eigenvalue weighted by molar-refractivity contribution is -0.133. The SMILES string of the molecule is CCN(Cc1cccc(F)c1)C(=O)COc1cccc(C(C)=O)c1. The Morgan fingerprint density at radius 1 is 1.12 bits per heavy atom. The number of amides is 1. The second-order valence-electron chi connectivity index (χ2n) is 5.41. The van der Waals surface area contributed by atoms with Crippen molar-refractivity contribution in [2.24, 2.45) is 0 Å². The molecule has 0 saturated carbocycles. The molecule has 126 valence electrons. The Morgan fingerprint density at radius 2 is 1.88 bits per heavy atom. The maximum atomic E-state index is 13.2. The lowest BCUT2D eigenvalue weighted by Crippen LogP contribution is -2.34. The van der Waals surface area contributed by atoms with E-state index in [4.69, 9.17) is 4.74 Å². The molecule has 0 aliphatic heterocycles. The van der Waals surface area contributed by atoms with Gasteiger partial charge in [-0.25, -0.2) is 4.39 Å². The predicted octanol–water partition coefficient (Wildman–Crippen LogP) is 3.46. The van der Waals surface area contributed by atoms with Crippen LogP contribution in [0.25, 0.3) is 0 Å². The van der Waals surface area contributed by atoms with Crippen molar-refractivity contribution in [3.63, 3.8) is 0 Å². The fraction of sp³-hybridized carbons (Fsp3) is 0.263. The number of carbonyl (C=O) groups excluding carboxylic acids is 2. The maximum Gasteiger partial charge on any atom is 0.260 e. The van der Waals surface area contributed by atoms with E-state index in [9.17, 15) is 14.0 Å². The summed E-state index contributed by atoms with van der Waals surface area (Å²) in [6.07, 6.45) is 0. The number of rotatable bonds is 7. The second kappa shape index (κ2) is 8.24. The van der Waals surface area contributed by atoms with Crippen molar-refractivity contribution >= 4 is 11.7 Å². The van der Waals surface area contributed by atoms with Gasteiger partial charge in [-0.3, -0.25) is 9.59 Å². The van der Waals surface area contributed by atoms with Crippen molar-refractivity contribution < 1.29 is 18.7 Å². The number of likely N-dealkylation sites (N-methyl/N-ethyl adjacent to an activating group) is 1. The Kier molecular flexibility index (Phi) is 6.07. The largest absolute Gasteiger partial charge is 0.484 e. The van der Waals surface area contributed by atoms with Gasteiger partial charge in [-0.15, -0.1) is 0 Å². The molecule has 1 amide bonds. The molecular formula is C19H20FNO3. The van der Waals surface area contributed by atoms with E-state index in [2.05, 4.69) is 0 Å². The van der Waals surface area contributed by atoms with Gasteiger partial charge >= 0.3 is 0 Å². The molecule has 0 spiro atoms. The van der Waals surface area contributed by atoms with Crippen molar-refractivity contribution in [2.75, 3.05) is 13.2 Å². The fourth-order valence-corrected chi connectivity index (χ4v) is 2.27. The summed E-state index contributed by atoms with van der Waals surface area (Å²) in [6.45, 7) is 4.01. The molecule has 0 bridgehead atoms. The van der Waals surface area contributed by atoms with E-state index in [1.807, 2.05) is 6.92 Å². The van der Waals surface area contributed by atoms with Crippen LogP contribution in [0.5, 0.6) is 5.75 Å². The number of ketones is 1. The molecule has 0 atom stereocenters. The van der Waals surface area contributed by atoms with Crippen molar-refractivity contribution in [3.8, 4) is 5.75 Å². The zero-order valence-corrected chi connectivity index (χ0v) is 13.8. The number of hydrogen-bond acceptors (Lipinski definition) is 3. The molecule has 0 fully saturated rings. The average molecular weight is 329 g/mol. The van der Waals surface area contributed by atoms with Crippen molar-refractivity contribution in [1.82, 2.24) is 4.90 Å². The second-order valence-corrected chi connectivity index (χ2v) is 5.41. The van der Waals surface area contributed by atoms with Gasteiger partial charge in [-0.1, -0.05) is 24.3 Å². The van der Waals surface area contributed by atoms with Crippen molar-refractivity contribution in [2.45, 2.75) is 20.4 Å². The lowest BCUT2D eigenvalue weighted by Gasteiger charge is -2.21. The monoisotopic (exact) mass is 329 g/mol. The molecule has 0 aliphatic carbocycles. The van der Waals surface area contributed by atoms with Crippen LogP contribution in [0.4, 0.5) is 4.39 Å². The first-order valence-corrected chi connectivity index (χ1v) is 7.75. The van der Waals surface area contributed by atoms with Crippen LogP contribution in [0.3, 0.4) is 0 Å². The van der Waals surface area contributed by atoms with E-state index < -0.39 is 0 Å². The summed E-state index contributed by atoms with van der Waals surface area (Å²) in [6, 6.07) is 12.9. The smallest absolute Gasteiger partial charge is 0.260 e. The van der Waals surface area contributed by atoms with Crippen LogP contribution in [0.2, 0.25) is 0 Å². The number of Topliss-reactive ketones (excluding diaryl/α,β-unsaturated/α-hetero) is 1. The van der Waals surface area contributed by atoms with E-state index in [1.54, 1.807) is 41.3 Å². The third kappa shape index (κ3) is 4.91. The Bertz CT molecular complexity index is 730. The Labute approximate surface area is 140 Å². The van der Waals surface area contributed by atoms with E-state index in [1.165, 1.54) is 19.1 Å². The molecule has 0 radical (unpaired) electrons. The van der Waals surface area contributed by atoms with E-state index in [-0.39, 0.29) is 24.1 Å². The van der Waals surface area contributed by atoms with Gasteiger partial charge in [0.05, 0.1) is 0 Å². The highest BCUT2D eigenvalue weighted by atomic mass is 19.1. The van der Waals surface area contributed by atoms with Crippen LogP contribution >= 0.6 is 0 Å². The van der Waals surface area contributed by atoms with Gasteiger partial charge < -0.3 is 9.64 Å². The zero-order chi connectivity index (χ0) is 17.5. The minimum atomic E-state index is -0.326. The van der Waals surface area contributed by atoms with Gasteiger partial charge in [0, 0.05) is 18.7 Å². The number of benzene rings is 2. The van der Waals surface area contributed by atoms with Gasteiger partial charge in [0.25, 0.3) is 5.91 Å². The lowest BCUT2D eigenvalue weighted by atomic mass is 10.1. The molecule has 0 aromatic heterocycles. The van der Waals surface area contributed by atoms with Crippen LogP contribution in [-0.4, -0.2) is 29.7 Å². The Morgan fingerprint density at radius 3 is 2.54 bits per heavy atom. The van der Waals surface area contributed by atoms with Crippen LogP contribution in [-0.2, 0) is 11.3 Å². The summed E-state index contributed by atoms with van der Waals surface area (Å²) < 4.78 is 18.7. The molecule has 4 nitrogen and oxygen atoms in total. The van der Waals surface area contributed by atoms with Gasteiger partial charge in [-0.2, -0.15) is 0 Å². The average Bonchev–Trinajstić information content (AvgIpc) is 2.58. The van der Waals surface area contributed by atoms with Gasteiger partial charge in [0.15, 0.2) is 12.4 Å². The van der Waals surface area contributed by atoms with E-state index in [0.717, 1.165) is 5.56 Å². The van der Waals surface area contributed by atoms with Gasteiger partial charge in [0.1, 0.15) is 11.6 Å². The van der Waals surface area contributed by atoms with E-state index in [0.29, 0.717) is 24.4 Å². The van der Waals surface area contributed by atoms with Gasteiger partial charge in [-0.05, 0) is 43.7 Å². The molecular weight excluding hydrogens is 309 g/mol. The molecule has 0 unspecified atom stereocenters. The Hall–Kier alpha value is -2.69. The summed E-state index contributed by atoms with van der Waals surface area (Å²) >= 11 is 0. The normalized spacial score (nSPS) is 10.3. The topological polar surface area (TPSA) is 46.6 Å². The summed E-state index contributed by atoms with van der Waals surface area (Å²) in [7, 11) is 0. The highest BCUT2D eigenvalue weighted by Gasteiger charge is 2.13. The number of ether oxygens (including phenoxy) is 1. The minimum Gasteiger partial charge on any atom is -0.484 e. The summed E-state index contributed by atoms with van der Waals surface area (Å²) in [5, 5.41) is 0. The third-order valence-corrected chi connectivity index (χ3v) is 3.60. The van der Waals surface area contributed by atoms with Crippen LogP contribution in [0.15, 0.2) is 48.5 Å². The highest BCUT2D eigenvalue weighted by molar-refractivity contribution is 5.94. The maximum absolute atomic E-state index is 13.2. The summed E-state index contributed by atoms with van der Waals surface area (Å²) in [4.78, 5) is 25.2. The first-order valence-electron chi connectivity index (χ1n) is 7.75. The van der Waals surface area contributed by atoms with E-state index >= 15 is 0 Å². The molecule has 5 heteroatoms. The molecule has 0 N–H and O–H groups in total. The number of hydrogen-bond donors (Lipinski definition) is 0. The van der Waals surface area contributed by atoms with Gasteiger partial charge in [0.2, 0.25) is 0 Å². The third-order valence-electron chi connectivity index (χ3n) is 3.60. The van der Waals surface area contributed by atoms with Crippen molar-refractivity contribution in [3.05, 3.63) is 65.5 Å². The standard InChI is InChI=1S/C19H20FNO3/c1-3-21(12-15-6-4-8-17(20)10-15)19(23)13-24-18-9-5-7-16(11-18)14(2)22/h4-11H,3,12-13H2,1-2H3. The summed E-state index contributed by atoms with van der Waals surface area (Å²) in [5.41, 5.74) is 1.26. The quantitative estimate of drug-likeness (QED) is 0.731. The molecule has 2 rings (SSSR count). The first kappa shape index (κ1) is 17.7. The molecule has 2 aromatic carbocycles. The molecule has 2 aromatic rings. The Balaban J connectivity index is 1.97. The number of nitrogens with zero attached hydrogens (tertiary/aromatic N) is 1. The van der Waals surface area contributed by atoms with Crippen molar-refractivity contribution in [1.29, 1.82) is 0 Å².